The van der Waals surface area contributed by atoms with Crippen molar-refractivity contribution in [1.82, 2.24) is 9.45 Å². The molecule has 134 valence electrons. The zero-order valence-electron chi connectivity index (χ0n) is 13.8. The largest absolute Gasteiger partial charge is 0.497 e. The molecule has 0 fully saturated rings. The van der Waals surface area contributed by atoms with Crippen LogP contribution in [0.2, 0.25) is 0 Å². The van der Waals surface area contributed by atoms with Gasteiger partial charge in [-0.25, -0.2) is 17.9 Å². The number of nitrogens with zero attached hydrogens (tertiary/aromatic N) is 1. The highest BCUT2D eigenvalue weighted by atomic mass is 32.2. The van der Waals surface area contributed by atoms with Crippen LogP contribution in [0.25, 0.3) is 17.0 Å². The van der Waals surface area contributed by atoms with Gasteiger partial charge in [-0.05, 0) is 54.1 Å². The van der Waals surface area contributed by atoms with E-state index in [1.165, 1.54) is 47.0 Å². The smallest absolute Gasteiger partial charge is 0.268 e. The Labute approximate surface area is 150 Å². The first-order chi connectivity index (χ1) is 12.5. The van der Waals surface area contributed by atoms with Crippen LogP contribution in [-0.4, -0.2) is 30.6 Å². The monoisotopic (exact) mass is 372 g/mol. The minimum Gasteiger partial charge on any atom is -0.497 e. The van der Waals surface area contributed by atoms with Gasteiger partial charge in [0.15, 0.2) is 0 Å². The zero-order chi connectivity index (χ0) is 18.7. The van der Waals surface area contributed by atoms with E-state index in [9.17, 15) is 13.2 Å². The number of hydrogen-bond donors (Lipinski definition) is 2. The molecule has 0 radical (unpaired) electrons. The molecule has 0 spiro atoms. The van der Waals surface area contributed by atoms with Gasteiger partial charge in [0.05, 0.1) is 17.5 Å². The summed E-state index contributed by atoms with van der Waals surface area (Å²) in [6, 6.07) is 12.9. The highest BCUT2D eigenvalue weighted by molar-refractivity contribution is 7.90. The van der Waals surface area contributed by atoms with Crippen molar-refractivity contribution in [3.05, 3.63) is 66.4 Å². The molecule has 8 heteroatoms. The Morgan fingerprint density at radius 3 is 2.54 bits per heavy atom. The fourth-order valence-electron chi connectivity index (χ4n) is 2.52. The van der Waals surface area contributed by atoms with Gasteiger partial charge in [-0.15, -0.1) is 0 Å². The summed E-state index contributed by atoms with van der Waals surface area (Å²) < 4.78 is 32.0. The van der Waals surface area contributed by atoms with Gasteiger partial charge in [0.25, 0.3) is 15.9 Å². The highest BCUT2D eigenvalue weighted by Gasteiger charge is 2.18. The molecule has 26 heavy (non-hydrogen) atoms. The molecule has 0 aliphatic heterocycles. The Kier molecular flexibility index (Phi) is 4.79. The third-order valence-corrected chi connectivity index (χ3v) is 5.54. The molecule has 3 rings (SSSR count). The molecule has 0 aliphatic rings. The molecule has 0 unspecified atom stereocenters. The Morgan fingerprint density at radius 1 is 1.15 bits per heavy atom. The second-order valence-electron chi connectivity index (χ2n) is 5.42. The van der Waals surface area contributed by atoms with Gasteiger partial charge in [-0.3, -0.25) is 10.0 Å². The van der Waals surface area contributed by atoms with Crippen LogP contribution in [0.3, 0.4) is 0 Å². The van der Waals surface area contributed by atoms with E-state index in [4.69, 9.17) is 9.94 Å². The third-order valence-electron chi connectivity index (χ3n) is 3.83. The van der Waals surface area contributed by atoms with Gasteiger partial charge in [0.2, 0.25) is 0 Å². The molecule has 7 nitrogen and oxygen atoms in total. The number of carbonyl (C=O) groups is 1. The number of nitrogens with one attached hydrogen (secondary N) is 1. The zero-order valence-corrected chi connectivity index (χ0v) is 14.6. The van der Waals surface area contributed by atoms with Crippen molar-refractivity contribution in [3.63, 3.8) is 0 Å². The van der Waals surface area contributed by atoms with Crippen molar-refractivity contribution in [2.75, 3.05) is 7.11 Å². The number of hydrogen-bond acceptors (Lipinski definition) is 5. The lowest BCUT2D eigenvalue weighted by molar-refractivity contribution is -0.124. The van der Waals surface area contributed by atoms with E-state index in [2.05, 4.69) is 0 Å². The molecule has 2 N–H and O–H groups in total. The van der Waals surface area contributed by atoms with Gasteiger partial charge in [0.1, 0.15) is 5.75 Å². The summed E-state index contributed by atoms with van der Waals surface area (Å²) in [5, 5.41) is 9.19. The number of hydroxylamine groups is 1. The maximum atomic E-state index is 12.9. The van der Waals surface area contributed by atoms with Crippen LogP contribution in [0.5, 0.6) is 5.75 Å². The standard InChI is InChI=1S/C18H16N2O5S/c1-25-15-4-6-16(7-5-15)26(23,24)20-11-10-14-12-13(2-8-17(14)20)3-9-18(21)19-22/h2-12,22H,1H3,(H,19,21)/b9-3+. The molecule has 0 atom stereocenters. The number of methoxy groups -OCH3 is 1. The van der Waals surface area contributed by atoms with E-state index in [0.717, 1.165) is 0 Å². The average Bonchev–Trinajstić information content (AvgIpc) is 3.10. The summed E-state index contributed by atoms with van der Waals surface area (Å²) in [4.78, 5) is 11.2. The fourth-order valence-corrected chi connectivity index (χ4v) is 3.87. The van der Waals surface area contributed by atoms with Crippen LogP contribution < -0.4 is 10.2 Å². The summed E-state index contributed by atoms with van der Waals surface area (Å²) >= 11 is 0. The van der Waals surface area contributed by atoms with Crippen molar-refractivity contribution in [2.45, 2.75) is 4.90 Å². The molecule has 2 aromatic carbocycles. The van der Waals surface area contributed by atoms with Gasteiger partial charge in [0, 0.05) is 17.7 Å². The maximum Gasteiger partial charge on any atom is 0.268 e. The van der Waals surface area contributed by atoms with Crippen LogP contribution >= 0.6 is 0 Å². The number of fused-ring (bicyclic) bond motifs is 1. The normalized spacial score (nSPS) is 11.8. The SMILES string of the molecule is COc1ccc(S(=O)(=O)n2ccc3cc(/C=C/C(=O)NO)ccc32)cc1. The Morgan fingerprint density at radius 2 is 1.88 bits per heavy atom. The average molecular weight is 372 g/mol. The summed E-state index contributed by atoms with van der Waals surface area (Å²) in [5.74, 6) is -0.0746. The van der Waals surface area contributed by atoms with Crippen LogP contribution in [0, 0.1) is 0 Å². The second-order valence-corrected chi connectivity index (χ2v) is 7.23. The maximum absolute atomic E-state index is 12.9. The van der Waals surface area contributed by atoms with Crippen LogP contribution in [-0.2, 0) is 14.8 Å². The van der Waals surface area contributed by atoms with E-state index in [0.29, 0.717) is 22.2 Å². The predicted octanol–water partition coefficient (Wildman–Crippen LogP) is 2.41. The van der Waals surface area contributed by atoms with E-state index >= 15 is 0 Å². The number of rotatable bonds is 5. The number of ether oxygens (including phenoxy) is 1. The Bertz CT molecular complexity index is 1080. The number of carbonyl (C=O) groups excluding carboxylic acids is 1. The first kappa shape index (κ1) is 17.7. The Balaban J connectivity index is 2.00. The molecule has 1 heterocycles. The molecular weight excluding hydrogens is 356 g/mol. The van der Waals surface area contributed by atoms with Crippen LogP contribution in [0.15, 0.2) is 65.7 Å². The first-order valence-corrected chi connectivity index (χ1v) is 9.02. The van der Waals surface area contributed by atoms with Crippen molar-refractivity contribution in [1.29, 1.82) is 0 Å². The van der Waals surface area contributed by atoms with Gasteiger partial charge in [-0.1, -0.05) is 6.07 Å². The molecule has 3 aromatic rings. The third kappa shape index (κ3) is 3.32. The summed E-state index contributed by atoms with van der Waals surface area (Å²) in [6.07, 6.45) is 4.17. The topological polar surface area (TPSA) is 97.6 Å². The first-order valence-electron chi connectivity index (χ1n) is 7.58. The van der Waals surface area contributed by atoms with Gasteiger partial charge in [-0.2, -0.15) is 0 Å². The van der Waals surface area contributed by atoms with E-state index in [1.807, 2.05) is 0 Å². The van der Waals surface area contributed by atoms with Crippen molar-refractivity contribution in [2.24, 2.45) is 0 Å². The molecular formula is C18H16N2O5S. The number of benzene rings is 2. The predicted molar refractivity (Wildman–Crippen MR) is 96.5 cm³/mol. The summed E-state index contributed by atoms with van der Waals surface area (Å²) in [5.41, 5.74) is 2.72. The second kappa shape index (κ2) is 7.03. The minimum atomic E-state index is -3.74. The molecule has 0 saturated heterocycles. The van der Waals surface area contributed by atoms with Crippen molar-refractivity contribution < 1.29 is 23.2 Å². The molecule has 1 amide bonds. The lowest BCUT2D eigenvalue weighted by atomic mass is 10.1. The Hall–Kier alpha value is -3.10. The molecule has 0 aliphatic carbocycles. The molecule has 0 saturated carbocycles. The summed E-state index contributed by atoms with van der Waals surface area (Å²) in [7, 11) is -2.23. The number of aromatic nitrogens is 1. The lowest BCUT2D eigenvalue weighted by Crippen LogP contribution is -2.14. The quantitative estimate of drug-likeness (QED) is 0.407. The van der Waals surface area contributed by atoms with Gasteiger partial charge < -0.3 is 4.74 Å². The van der Waals surface area contributed by atoms with Gasteiger partial charge >= 0.3 is 0 Å². The van der Waals surface area contributed by atoms with Crippen LogP contribution in [0.1, 0.15) is 5.56 Å². The highest BCUT2D eigenvalue weighted by Crippen LogP contribution is 2.24. The summed E-state index contributed by atoms with van der Waals surface area (Å²) in [6.45, 7) is 0. The number of amides is 1. The lowest BCUT2D eigenvalue weighted by Gasteiger charge is -2.08. The van der Waals surface area contributed by atoms with Crippen molar-refractivity contribution in [3.8, 4) is 5.75 Å². The molecule has 0 bridgehead atoms. The fraction of sp³-hybridized carbons (Fsp3) is 0.0556. The van der Waals surface area contributed by atoms with E-state index in [-0.39, 0.29) is 4.90 Å². The van der Waals surface area contributed by atoms with E-state index < -0.39 is 15.9 Å². The van der Waals surface area contributed by atoms with Crippen LogP contribution in [0.4, 0.5) is 0 Å². The molecule has 1 aromatic heterocycles. The van der Waals surface area contributed by atoms with E-state index in [1.54, 1.807) is 36.4 Å². The minimum absolute atomic E-state index is 0.152. The van der Waals surface area contributed by atoms with Crippen molar-refractivity contribution >= 4 is 32.9 Å².